The lowest BCUT2D eigenvalue weighted by molar-refractivity contribution is 0.235. The normalized spacial score (nSPS) is 12.2. The Hall–Kier alpha value is -0.130. The van der Waals surface area contributed by atoms with Gasteiger partial charge in [-0.15, -0.1) is 0 Å². The van der Waals surface area contributed by atoms with Crippen LogP contribution in [0.2, 0.25) is 0 Å². The molecule has 0 aliphatic carbocycles. The van der Waals surface area contributed by atoms with Crippen LogP contribution in [-0.4, -0.2) is 19.6 Å². The van der Waals surface area contributed by atoms with Crippen molar-refractivity contribution in [3.63, 3.8) is 0 Å². The topological polar surface area (TPSA) is 63.6 Å². The van der Waals surface area contributed by atoms with Crippen LogP contribution in [0.25, 0.3) is 0 Å². The molecule has 0 fully saturated rings. The molecule has 0 aromatic heterocycles. The summed E-state index contributed by atoms with van der Waals surface area (Å²) in [7, 11) is -4.26. The van der Waals surface area contributed by atoms with Gasteiger partial charge in [0.25, 0.3) is 0 Å². The molecule has 0 aromatic rings. The van der Waals surface area contributed by atoms with Gasteiger partial charge < -0.3 is 0 Å². The lowest BCUT2D eigenvalue weighted by Gasteiger charge is -2.15. The smallest absolute Gasteiger partial charge is 0.264 e. The zero-order valence-electron chi connectivity index (χ0n) is 10.3. The van der Waals surface area contributed by atoms with Crippen molar-refractivity contribution in [2.75, 3.05) is 6.61 Å². The van der Waals surface area contributed by atoms with Crippen molar-refractivity contribution < 1.29 is 17.2 Å². The second-order valence-electron chi connectivity index (χ2n) is 4.19. The Labute approximate surface area is 99.3 Å². The Balaban J connectivity index is 3.81. The summed E-state index contributed by atoms with van der Waals surface area (Å²) in [5.74, 6) is 0.515. The maximum absolute atomic E-state index is 10.4. The van der Waals surface area contributed by atoms with Gasteiger partial charge >= 0.3 is 10.4 Å². The molecule has 0 saturated carbocycles. The van der Waals surface area contributed by atoms with Gasteiger partial charge in [0, 0.05) is 0 Å². The number of unbranched alkanes of at least 4 members (excludes halogenated alkanes) is 2. The Morgan fingerprint density at radius 2 is 1.56 bits per heavy atom. The van der Waals surface area contributed by atoms with Crippen molar-refractivity contribution in [3.8, 4) is 0 Å². The third-order valence-electron chi connectivity index (χ3n) is 2.69. The zero-order chi connectivity index (χ0) is 12.4. The van der Waals surface area contributed by atoms with Crippen molar-refractivity contribution in [1.29, 1.82) is 0 Å². The molecular weight excluding hydrogens is 228 g/mol. The molecular formula is C11H24O4S. The first-order valence-electron chi connectivity index (χ1n) is 6.11. The molecule has 0 atom stereocenters. The molecule has 0 aliphatic heterocycles. The maximum Gasteiger partial charge on any atom is 0.397 e. The minimum absolute atomic E-state index is 0.0942. The fourth-order valence-electron chi connectivity index (χ4n) is 1.74. The zero-order valence-corrected chi connectivity index (χ0v) is 11.1. The molecule has 1 N–H and O–H groups in total. The minimum atomic E-state index is -4.26. The highest BCUT2D eigenvalue weighted by Gasteiger charge is 2.10. The molecule has 98 valence electrons. The highest BCUT2D eigenvalue weighted by Crippen LogP contribution is 2.19. The van der Waals surface area contributed by atoms with E-state index < -0.39 is 10.4 Å². The lowest BCUT2D eigenvalue weighted by Crippen LogP contribution is -2.10. The molecule has 0 amide bonds. The van der Waals surface area contributed by atoms with Crippen LogP contribution in [0.3, 0.4) is 0 Å². The Morgan fingerprint density at radius 1 is 1.06 bits per heavy atom. The molecule has 0 rings (SSSR count). The largest absolute Gasteiger partial charge is 0.397 e. The molecule has 0 heterocycles. The molecule has 0 aliphatic rings. The lowest BCUT2D eigenvalue weighted by atomic mass is 9.93. The molecule has 16 heavy (non-hydrogen) atoms. The minimum Gasteiger partial charge on any atom is -0.264 e. The third kappa shape index (κ3) is 10.4. The van der Waals surface area contributed by atoms with E-state index in [4.69, 9.17) is 4.55 Å². The predicted octanol–water partition coefficient (Wildman–Crippen LogP) is 3.19. The van der Waals surface area contributed by atoms with Gasteiger partial charge in [0.1, 0.15) is 0 Å². The third-order valence-corrected chi connectivity index (χ3v) is 3.15. The van der Waals surface area contributed by atoms with Crippen molar-refractivity contribution in [2.24, 2.45) is 5.92 Å². The van der Waals surface area contributed by atoms with E-state index >= 15 is 0 Å². The second kappa shape index (κ2) is 8.96. The summed E-state index contributed by atoms with van der Waals surface area (Å²) < 4.78 is 33.5. The fourth-order valence-corrected chi connectivity index (χ4v) is 2.05. The van der Waals surface area contributed by atoms with Gasteiger partial charge in [0.2, 0.25) is 0 Å². The van der Waals surface area contributed by atoms with Gasteiger partial charge in [-0.05, 0) is 12.3 Å². The molecule has 0 radical (unpaired) electrons. The van der Waals surface area contributed by atoms with Gasteiger partial charge in [0.05, 0.1) is 6.61 Å². The fraction of sp³-hybridized carbons (Fsp3) is 1.00. The summed E-state index contributed by atoms with van der Waals surface area (Å²) in [6.45, 7) is 4.38. The van der Waals surface area contributed by atoms with Crippen LogP contribution in [0.5, 0.6) is 0 Å². The Morgan fingerprint density at radius 3 is 1.94 bits per heavy atom. The predicted molar refractivity (Wildman–Crippen MR) is 64.7 cm³/mol. The highest BCUT2D eigenvalue weighted by molar-refractivity contribution is 7.80. The average Bonchev–Trinajstić information content (AvgIpc) is 2.19. The number of rotatable bonds is 10. The second-order valence-corrected chi connectivity index (χ2v) is 5.28. The van der Waals surface area contributed by atoms with Gasteiger partial charge in [-0.25, -0.2) is 4.18 Å². The summed E-state index contributed by atoms with van der Waals surface area (Å²) in [4.78, 5) is 0. The van der Waals surface area contributed by atoms with E-state index in [1.807, 2.05) is 0 Å². The van der Waals surface area contributed by atoms with E-state index in [2.05, 4.69) is 18.0 Å². The number of hydrogen-bond donors (Lipinski definition) is 1. The van der Waals surface area contributed by atoms with Gasteiger partial charge in [-0.2, -0.15) is 8.42 Å². The molecule has 0 bridgehead atoms. The Bertz CT molecular complexity index is 241. The van der Waals surface area contributed by atoms with E-state index in [0.29, 0.717) is 12.3 Å². The van der Waals surface area contributed by atoms with E-state index in [1.54, 1.807) is 0 Å². The summed E-state index contributed by atoms with van der Waals surface area (Å²) in [5, 5.41) is 0. The number of hydrogen-bond acceptors (Lipinski definition) is 3. The van der Waals surface area contributed by atoms with Crippen LogP contribution in [-0.2, 0) is 14.6 Å². The maximum atomic E-state index is 10.4. The van der Waals surface area contributed by atoms with Crippen molar-refractivity contribution in [1.82, 2.24) is 0 Å². The summed E-state index contributed by atoms with van der Waals surface area (Å²) in [5.41, 5.74) is 0. The van der Waals surface area contributed by atoms with E-state index in [-0.39, 0.29) is 6.61 Å². The van der Waals surface area contributed by atoms with Crippen LogP contribution < -0.4 is 0 Å². The summed E-state index contributed by atoms with van der Waals surface area (Å²) in [6.07, 6.45) is 7.58. The van der Waals surface area contributed by atoms with Crippen LogP contribution >= 0.6 is 0 Å². The average molecular weight is 252 g/mol. The Kier molecular flexibility index (Phi) is 8.89. The van der Waals surface area contributed by atoms with Crippen molar-refractivity contribution in [2.45, 2.75) is 58.8 Å². The summed E-state index contributed by atoms with van der Waals surface area (Å²) >= 11 is 0. The van der Waals surface area contributed by atoms with Gasteiger partial charge in [-0.1, -0.05) is 52.4 Å². The first-order valence-corrected chi connectivity index (χ1v) is 7.48. The molecule has 4 nitrogen and oxygen atoms in total. The highest BCUT2D eigenvalue weighted by atomic mass is 32.3. The van der Waals surface area contributed by atoms with Gasteiger partial charge in [-0.3, -0.25) is 4.55 Å². The van der Waals surface area contributed by atoms with E-state index in [9.17, 15) is 8.42 Å². The van der Waals surface area contributed by atoms with E-state index in [1.165, 1.54) is 12.8 Å². The van der Waals surface area contributed by atoms with Crippen molar-refractivity contribution in [3.05, 3.63) is 0 Å². The van der Waals surface area contributed by atoms with Crippen LogP contribution in [0, 0.1) is 5.92 Å². The van der Waals surface area contributed by atoms with Crippen LogP contribution in [0.15, 0.2) is 0 Å². The van der Waals surface area contributed by atoms with Crippen LogP contribution in [0.1, 0.15) is 58.8 Å². The molecule has 0 unspecified atom stereocenters. The van der Waals surface area contributed by atoms with Crippen molar-refractivity contribution >= 4 is 10.4 Å². The van der Waals surface area contributed by atoms with Crippen LogP contribution in [0.4, 0.5) is 0 Å². The SMILES string of the molecule is CCCCC(CCCC)CCOS(=O)(=O)O. The monoisotopic (exact) mass is 252 g/mol. The summed E-state index contributed by atoms with van der Waals surface area (Å²) in [6, 6.07) is 0. The first-order chi connectivity index (χ1) is 7.49. The standard InChI is InChI=1S/C11H24O4S/c1-3-5-7-11(8-6-4-2)9-10-15-16(12,13)14/h11H,3-10H2,1-2H3,(H,12,13,14). The molecule has 0 aromatic carbocycles. The molecule has 0 spiro atoms. The molecule has 0 saturated heterocycles. The van der Waals surface area contributed by atoms with Gasteiger partial charge in [0.15, 0.2) is 0 Å². The van der Waals surface area contributed by atoms with E-state index in [0.717, 1.165) is 25.7 Å². The quantitative estimate of drug-likeness (QED) is 0.606. The first kappa shape index (κ1) is 15.9. The molecule has 5 heteroatoms.